The molecular weight excluding hydrogens is 466 g/mol. The van der Waals surface area contributed by atoms with Gasteiger partial charge in [0.1, 0.15) is 30.0 Å². The van der Waals surface area contributed by atoms with Crippen LogP contribution in [0.2, 0.25) is 0 Å². The molecule has 1 heterocycles. The van der Waals surface area contributed by atoms with Crippen molar-refractivity contribution in [1.82, 2.24) is 5.32 Å². The Hall–Kier alpha value is -2.86. The predicted molar refractivity (Wildman–Crippen MR) is 122 cm³/mol. The maximum absolute atomic E-state index is 13.0. The Morgan fingerprint density at radius 3 is 2.21 bits per heavy atom. The van der Waals surface area contributed by atoms with Crippen molar-refractivity contribution in [1.29, 1.82) is 0 Å². The van der Waals surface area contributed by atoms with E-state index in [0.717, 1.165) is 0 Å². The van der Waals surface area contributed by atoms with Crippen LogP contribution in [-0.2, 0) is 24.0 Å². The molecule has 186 valence electrons. The first-order chi connectivity index (χ1) is 16.1. The summed E-state index contributed by atoms with van der Waals surface area (Å²) in [4.78, 5) is 11.3. The second kappa shape index (κ2) is 11.0. The van der Waals surface area contributed by atoms with Gasteiger partial charge in [0.15, 0.2) is 15.6 Å². The smallest absolute Gasteiger partial charge is 0.405 e. The lowest BCUT2D eigenvalue weighted by Crippen LogP contribution is -2.48. The number of sulfone groups is 1. The van der Waals surface area contributed by atoms with Crippen LogP contribution in [-0.4, -0.2) is 70.2 Å². The molecule has 0 bridgehead atoms. The maximum Gasteiger partial charge on any atom is 0.405 e. The number of rotatable bonds is 11. The van der Waals surface area contributed by atoms with E-state index in [1.165, 1.54) is 24.3 Å². The minimum atomic E-state index is -3.83. The second-order valence-corrected chi connectivity index (χ2v) is 10.1. The van der Waals surface area contributed by atoms with Crippen LogP contribution in [0.25, 0.3) is 0 Å². The number of ether oxygens (including phenoxy) is 5. The van der Waals surface area contributed by atoms with Gasteiger partial charge in [0.2, 0.25) is 0 Å². The number of hydrogen-bond donors (Lipinski definition) is 2. The molecular formula is C23H29NO9S. The van der Waals surface area contributed by atoms with Gasteiger partial charge >= 0.3 is 6.09 Å². The molecule has 0 unspecified atom stereocenters. The molecule has 2 aromatic rings. The van der Waals surface area contributed by atoms with Gasteiger partial charge < -0.3 is 34.1 Å². The van der Waals surface area contributed by atoms with Crippen LogP contribution >= 0.6 is 0 Å². The van der Waals surface area contributed by atoms with Gasteiger partial charge in [0.25, 0.3) is 0 Å². The highest BCUT2D eigenvalue weighted by Gasteiger charge is 2.40. The Morgan fingerprint density at radius 2 is 1.68 bits per heavy atom. The summed E-state index contributed by atoms with van der Waals surface area (Å²) in [7, 11) is -2.23. The molecule has 0 spiro atoms. The minimum Gasteiger partial charge on any atom is -0.491 e. The van der Waals surface area contributed by atoms with Crippen molar-refractivity contribution in [3.8, 4) is 17.2 Å². The van der Waals surface area contributed by atoms with E-state index in [2.05, 4.69) is 5.32 Å². The van der Waals surface area contributed by atoms with Gasteiger partial charge in [-0.3, -0.25) is 0 Å². The fraction of sp³-hybridized carbons (Fsp3) is 0.435. The highest BCUT2D eigenvalue weighted by Crippen LogP contribution is 2.28. The lowest BCUT2D eigenvalue weighted by Gasteiger charge is -2.24. The quantitative estimate of drug-likeness (QED) is 0.452. The van der Waals surface area contributed by atoms with Crippen molar-refractivity contribution in [3.05, 3.63) is 48.5 Å². The molecule has 1 aliphatic heterocycles. The molecule has 0 aromatic heterocycles. The molecule has 1 amide bonds. The number of hydrogen-bond acceptors (Lipinski definition) is 8. The Morgan fingerprint density at radius 1 is 1.09 bits per heavy atom. The van der Waals surface area contributed by atoms with Crippen LogP contribution in [0.1, 0.15) is 13.8 Å². The van der Waals surface area contributed by atoms with Gasteiger partial charge in [-0.25, -0.2) is 13.2 Å². The molecule has 2 N–H and O–H groups in total. The zero-order chi connectivity index (χ0) is 24.8. The van der Waals surface area contributed by atoms with Crippen molar-refractivity contribution < 1.29 is 42.0 Å². The van der Waals surface area contributed by atoms with Gasteiger partial charge in [-0.1, -0.05) is 0 Å². The van der Waals surface area contributed by atoms with E-state index in [1.54, 1.807) is 45.2 Å². The van der Waals surface area contributed by atoms with Crippen LogP contribution in [0.5, 0.6) is 17.2 Å². The van der Waals surface area contributed by atoms with Crippen molar-refractivity contribution in [3.63, 3.8) is 0 Å². The van der Waals surface area contributed by atoms with Crippen molar-refractivity contribution in [2.24, 2.45) is 0 Å². The molecule has 0 aliphatic carbocycles. The van der Waals surface area contributed by atoms with Gasteiger partial charge in [-0.2, -0.15) is 0 Å². The SMILES string of the molecule is COCCOc1ccc(Oc2ccc(S(=O)(=O)C[C@@H](NC(=O)O)[C@H]3COC(C)(C)O3)cc2)cc1. The van der Waals surface area contributed by atoms with Crippen LogP contribution in [0.15, 0.2) is 53.4 Å². The summed E-state index contributed by atoms with van der Waals surface area (Å²) < 4.78 is 53.3. The maximum atomic E-state index is 13.0. The molecule has 3 rings (SSSR count). The molecule has 1 saturated heterocycles. The normalized spacial score (nSPS) is 18.3. The van der Waals surface area contributed by atoms with E-state index in [1.807, 2.05) is 0 Å². The molecule has 1 aliphatic rings. The number of benzene rings is 2. The van der Waals surface area contributed by atoms with E-state index in [-0.39, 0.29) is 11.5 Å². The molecule has 2 atom stereocenters. The fourth-order valence-electron chi connectivity index (χ4n) is 3.34. The predicted octanol–water partition coefficient (Wildman–Crippen LogP) is 3.07. The molecule has 1 fully saturated rings. The number of carbonyl (C=O) groups is 1. The zero-order valence-electron chi connectivity index (χ0n) is 19.2. The van der Waals surface area contributed by atoms with Crippen molar-refractivity contribution >= 4 is 15.9 Å². The standard InChI is InChI=1S/C23H29NO9S/c1-23(2)31-14-21(33-23)20(24-22(25)26)15-34(27,28)19-10-8-18(9-11-19)32-17-6-4-16(5-7-17)30-13-12-29-3/h4-11,20-21,24H,12-15H2,1-3H3,(H,25,26)/t20-,21-/m1/s1. The molecule has 0 radical (unpaired) electrons. The molecule has 34 heavy (non-hydrogen) atoms. The molecule has 2 aromatic carbocycles. The summed E-state index contributed by atoms with van der Waals surface area (Å²) in [5, 5.41) is 11.4. The van der Waals surface area contributed by atoms with E-state index in [9.17, 15) is 13.2 Å². The van der Waals surface area contributed by atoms with Gasteiger partial charge in [0.05, 0.1) is 29.9 Å². The number of methoxy groups -OCH3 is 1. The topological polar surface area (TPSA) is 130 Å². The van der Waals surface area contributed by atoms with Crippen LogP contribution in [0.4, 0.5) is 4.79 Å². The first kappa shape index (κ1) is 25.8. The lowest BCUT2D eigenvalue weighted by molar-refractivity contribution is -0.140. The number of carboxylic acid groups (broad SMARTS) is 1. The third-order valence-corrected chi connectivity index (χ3v) is 6.77. The van der Waals surface area contributed by atoms with Crippen LogP contribution in [0, 0.1) is 0 Å². The summed E-state index contributed by atoms with van der Waals surface area (Å²) in [6.07, 6.45) is -2.07. The summed E-state index contributed by atoms with van der Waals surface area (Å²) in [5.74, 6) is 0.284. The average molecular weight is 496 g/mol. The summed E-state index contributed by atoms with van der Waals surface area (Å²) >= 11 is 0. The monoisotopic (exact) mass is 495 g/mol. The second-order valence-electron chi connectivity index (χ2n) is 8.09. The van der Waals surface area contributed by atoms with Gasteiger partial charge in [-0.05, 0) is 62.4 Å². The van der Waals surface area contributed by atoms with E-state index in [4.69, 9.17) is 28.8 Å². The lowest BCUT2D eigenvalue weighted by atomic mass is 10.2. The minimum absolute atomic E-state index is 0.0390. The summed E-state index contributed by atoms with van der Waals surface area (Å²) in [6, 6.07) is 11.9. The third kappa shape index (κ3) is 7.32. The molecule has 0 saturated carbocycles. The highest BCUT2D eigenvalue weighted by molar-refractivity contribution is 7.91. The number of amides is 1. The Bertz CT molecular complexity index is 1050. The van der Waals surface area contributed by atoms with E-state index < -0.39 is 39.6 Å². The van der Waals surface area contributed by atoms with Gasteiger partial charge in [0, 0.05) is 7.11 Å². The van der Waals surface area contributed by atoms with Crippen molar-refractivity contribution in [2.45, 2.75) is 36.7 Å². The fourth-order valence-corrected chi connectivity index (χ4v) is 4.86. The Kier molecular flexibility index (Phi) is 8.37. The zero-order valence-corrected chi connectivity index (χ0v) is 20.0. The van der Waals surface area contributed by atoms with Crippen molar-refractivity contribution in [2.75, 3.05) is 32.7 Å². The van der Waals surface area contributed by atoms with Crippen LogP contribution < -0.4 is 14.8 Å². The molecule has 11 heteroatoms. The first-order valence-corrected chi connectivity index (χ1v) is 12.3. The summed E-state index contributed by atoms with van der Waals surface area (Å²) in [6.45, 7) is 4.36. The largest absolute Gasteiger partial charge is 0.491 e. The average Bonchev–Trinajstić information content (AvgIpc) is 3.14. The van der Waals surface area contributed by atoms with E-state index in [0.29, 0.717) is 30.5 Å². The van der Waals surface area contributed by atoms with E-state index >= 15 is 0 Å². The third-order valence-electron chi connectivity index (χ3n) is 4.99. The summed E-state index contributed by atoms with van der Waals surface area (Å²) in [5.41, 5.74) is 0. The Labute approximate surface area is 198 Å². The highest BCUT2D eigenvalue weighted by atomic mass is 32.2. The first-order valence-electron chi connectivity index (χ1n) is 10.6. The number of nitrogens with one attached hydrogen (secondary N) is 1. The Balaban J connectivity index is 1.64. The molecule has 10 nitrogen and oxygen atoms in total. The van der Waals surface area contributed by atoms with Gasteiger partial charge in [-0.15, -0.1) is 0 Å². The van der Waals surface area contributed by atoms with Crippen LogP contribution in [0.3, 0.4) is 0 Å².